The van der Waals surface area contributed by atoms with E-state index in [2.05, 4.69) is 4.72 Å². The molecule has 0 bridgehead atoms. The molecule has 0 aromatic carbocycles. The maximum Gasteiger partial charge on any atom is 0.323 e. The summed E-state index contributed by atoms with van der Waals surface area (Å²) in [6.45, 7) is 1.94. The van der Waals surface area contributed by atoms with E-state index in [0.717, 1.165) is 26.2 Å². The average Bonchev–Trinajstić information content (AvgIpc) is 2.27. The molecule has 2 N–H and O–H groups in total. The molecule has 0 aliphatic carbocycles. The Bertz CT molecular complexity index is 334. The van der Waals surface area contributed by atoms with Gasteiger partial charge in [-0.2, -0.15) is 0 Å². The maximum atomic E-state index is 11.5. The molecule has 16 heavy (non-hydrogen) atoms. The molecule has 0 saturated carbocycles. The van der Waals surface area contributed by atoms with E-state index in [1.165, 1.54) is 0 Å². The van der Waals surface area contributed by atoms with E-state index in [0.29, 0.717) is 6.61 Å². The number of carbonyl (C=O) groups is 1. The van der Waals surface area contributed by atoms with Crippen molar-refractivity contribution < 1.29 is 23.1 Å². The Kier molecular flexibility index (Phi) is 4.69. The minimum Gasteiger partial charge on any atom is -0.480 e. The number of sulfonamides is 1. The minimum atomic E-state index is -3.79. The monoisotopic (exact) mass is 251 g/mol. The van der Waals surface area contributed by atoms with Crippen molar-refractivity contribution >= 4 is 16.0 Å². The summed E-state index contributed by atoms with van der Waals surface area (Å²) in [5.41, 5.74) is 0. The molecule has 0 radical (unpaired) electrons. The Morgan fingerprint density at radius 3 is 2.75 bits per heavy atom. The van der Waals surface area contributed by atoms with Gasteiger partial charge >= 0.3 is 5.97 Å². The Balaban J connectivity index is 2.44. The smallest absolute Gasteiger partial charge is 0.323 e. The lowest BCUT2D eigenvalue weighted by Gasteiger charge is -2.23. The summed E-state index contributed by atoms with van der Waals surface area (Å²) in [5.74, 6) is -1.35. The predicted molar refractivity (Wildman–Crippen MR) is 57.6 cm³/mol. The van der Waals surface area contributed by atoms with Crippen LogP contribution in [0.1, 0.15) is 26.2 Å². The van der Waals surface area contributed by atoms with Crippen LogP contribution < -0.4 is 4.72 Å². The fraction of sp³-hybridized carbons (Fsp3) is 0.889. The molecule has 1 fully saturated rings. The quantitative estimate of drug-likeness (QED) is 0.714. The third kappa shape index (κ3) is 3.73. The molecule has 1 saturated heterocycles. The van der Waals surface area contributed by atoms with Crippen molar-refractivity contribution in [2.24, 2.45) is 0 Å². The number of aliphatic carboxylic acids is 1. The number of hydrogen-bond donors (Lipinski definition) is 2. The number of rotatable bonds is 5. The van der Waals surface area contributed by atoms with Crippen LogP contribution in [-0.4, -0.2) is 44.0 Å². The number of nitrogens with one attached hydrogen (secondary N) is 1. The number of hydrogen-bond acceptors (Lipinski definition) is 4. The molecule has 2 unspecified atom stereocenters. The summed E-state index contributed by atoms with van der Waals surface area (Å²) < 4.78 is 30.5. The SMILES string of the molecule is CC(C(=O)O)S(=O)(=O)NCC1CCCCO1. The van der Waals surface area contributed by atoms with Crippen LogP contribution in [0.4, 0.5) is 0 Å². The summed E-state index contributed by atoms with van der Waals surface area (Å²) >= 11 is 0. The standard InChI is InChI=1S/C9H17NO5S/c1-7(9(11)12)16(13,14)10-6-8-4-2-3-5-15-8/h7-8,10H,2-6H2,1H3,(H,11,12). The van der Waals surface area contributed by atoms with Crippen LogP contribution >= 0.6 is 0 Å². The zero-order valence-electron chi connectivity index (χ0n) is 9.18. The van der Waals surface area contributed by atoms with Crippen molar-refractivity contribution in [1.82, 2.24) is 4.72 Å². The molecule has 1 aliphatic rings. The molecule has 0 aromatic heterocycles. The molecule has 0 spiro atoms. The first-order valence-electron chi connectivity index (χ1n) is 5.26. The fourth-order valence-corrected chi connectivity index (χ4v) is 2.37. The Hall–Kier alpha value is -0.660. The first kappa shape index (κ1) is 13.4. The van der Waals surface area contributed by atoms with Crippen molar-refractivity contribution in [3.8, 4) is 0 Å². The highest BCUT2D eigenvalue weighted by molar-refractivity contribution is 7.90. The molecule has 1 heterocycles. The first-order valence-corrected chi connectivity index (χ1v) is 6.81. The van der Waals surface area contributed by atoms with Crippen molar-refractivity contribution in [1.29, 1.82) is 0 Å². The Labute approximate surface area is 95.0 Å². The van der Waals surface area contributed by atoms with E-state index in [1.54, 1.807) is 0 Å². The second kappa shape index (κ2) is 5.60. The van der Waals surface area contributed by atoms with Crippen LogP contribution in [-0.2, 0) is 19.6 Å². The molecule has 0 aromatic rings. The van der Waals surface area contributed by atoms with Gasteiger partial charge in [0.05, 0.1) is 6.10 Å². The topological polar surface area (TPSA) is 92.7 Å². The van der Waals surface area contributed by atoms with Crippen molar-refractivity contribution in [3.63, 3.8) is 0 Å². The van der Waals surface area contributed by atoms with E-state index < -0.39 is 21.2 Å². The summed E-state index contributed by atoms with van der Waals surface area (Å²) in [7, 11) is -3.79. The van der Waals surface area contributed by atoms with E-state index in [-0.39, 0.29) is 12.6 Å². The highest BCUT2D eigenvalue weighted by Gasteiger charge is 2.28. The van der Waals surface area contributed by atoms with Gasteiger partial charge in [0.15, 0.2) is 5.25 Å². The zero-order valence-corrected chi connectivity index (χ0v) is 10.00. The Morgan fingerprint density at radius 1 is 1.56 bits per heavy atom. The predicted octanol–water partition coefficient (Wildman–Crippen LogP) is -0.0520. The van der Waals surface area contributed by atoms with E-state index in [9.17, 15) is 13.2 Å². The van der Waals surface area contributed by atoms with Gasteiger partial charge in [-0.15, -0.1) is 0 Å². The molecule has 1 rings (SSSR count). The van der Waals surface area contributed by atoms with Crippen LogP contribution in [0.5, 0.6) is 0 Å². The molecule has 1 aliphatic heterocycles. The minimum absolute atomic E-state index is 0.135. The van der Waals surface area contributed by atoms with Gasteiger partial charge in [0.25, 0.3) is 0 Å². The van der Waals surface area contributed by atoms with Gasteiger partial charge in [-0.05, 0) is 26.2 Å². The third-order valence-electron chi connectivity index (χ3n) is 2.60. The van der Waals surface area contributed by atoms with E-state index in [4.69, 9.17) is 9.84 Å². The maximum absolute atomic E-state index is 11.5. The average molecular weight is 251 g/mol. The van der Waals surface area contributed by atoms with Crippen molar-refractivity contribution in [3.05, 3.63) is 0 Å². The largest absolute Gasteiger partial charge is 0.480 e. The second-order valence-electron chi connectivity index (χ2n) is 3.86. The van der Waals surface area contributed by atoms with Crippen LogP contribution in [0.25, 0.3) is 0 Å². The van der Waals surface area contributed by atoms with E-state index in [1.807, 2.05) is 0 Å². The third-order valence-corrected chi connectivity index (χ3v) is 4.30. The molecule has 94 valence electrons. The zero-order chi connectivity index (χ0) is 12.2. The van der Waals surface area contributed by atoms with E-state index >= 15 is 0 Å². The van der Waals surface area contributed by atoms with Gasteiger partial charge in [0, 0.05) is 13.2 Å². The van der Waals surface area contributed by atoms with Crippen molar-refractivity contribution in [2.45, 2.75) is 37.5 Å². The normalized spacial score (nSPS) is 23.9. The van der Waals surface area contributed by atoms with Crippen LogP contribution in [0.2, 0.25) is 0 Å². The summed E-state index contributed by atoms with van der Waals surface area (Å²) in [6.07, 6.45) is 2.68. The van der Waals surface area contributed by atoms with Gasteiger partial charge in [0.1, 0.15) is 0 Å². The number of carboxylic acids is 1. The first-order chi connectivity index (χ1) is 7.43. The molecule has 7 heteroatoms. The van der Waals surface area contributed by atoms with Crippen molar-refractivity contribution in [2.75, 3.05) is 13.2 Å². The highest BCUT2D eigenvalue weighted by atomic mass is 32.2. The van der Waals surface area contributed by atoms with Gasteiger partial charge in [-0.25, -0.2) is 13.1 Å². The summed E-state index contributed by atoms with van der Waals surface area (Å²) in [6, 6.07) is 0. The fourth-order valence-electron chi connectivity index (χ4n) is 1.44. The lowest BCUT2D eigenvalue weighted by Crippen LogP contribution is -2.42. The van der Waals surface area contributed by atoms with Gasteiger partial charge in [-0.1, -0.05) is 0 Å². The van der Waals surface area contributed by atoms with Crippen LogP contribution in [0.3, 0.4) is 0 Å². The summed E-state index contributed by atoms with van der Waals surface area (Å²) in [5, 5.41) is 7.17. The molecular formula is C9H17NO5S. The second-order valence-corrected chi connectivity index (χ2v) is 5.95. The lowest BCUT2D eigenvalue weighted by molar-refractivity contribution is -0.136. The van der Waals surface area contributed by atoms with Crippen LogP contribution in [0.15, 0.2) is 0 Å². The molecule has 0 amide bonds. The van der Waals surface area contributed by atoms with Gasteiger partial charge < -0.3 is 9.84 Å². The number of carboxylic acid groups (broad SMARTS) is 1. The van der Waals surface area contributed by atoms with Crippen LogP contribution in [0, 0.1) is 0 Å². The lowest BCUT2D eigenvalue weighted by atomic mass is 10.1. The summed E-state index contributed by atoms with van der Waals surface area (Å²) in [4.78, 5) is 10.5. The molecule has 2 atom stereocenters. The van der Waals surface area contributed by atoms with Gasteiger partial charge in [-0.3, -0.25) is 4.79 Å². The number of ether oxygens (including phenoxy) is 1. The van der Waals surface area contributed by atoms with Gasteiger partial charge in [0.2, 0.25) is 10.0 Å². The highest BCUT2D eigenvalue weighted by Crippen LogP contribution is 2.12. The molecular weight excluding hydrogens is 234 g/mol. The Morgan fingerprint density at radius 2 is 2.25 bits per heavy atom. The molecule has 6 nitrogen and oxygen atoms in total.